The van der Waals surface area contributed by atoms with E-state index in [0.717, 1.165) is 42.6 Å². The third kappa shape index (κ3) is 6.70. The minimum absolute atomic E-state index is 0.00338. The molecule has 0 saturated heterocycles. The van der Waals surface area contributed by atoms with E-state index >= 15 is 0 Å². The second-order valence-corrected chi connectivity index (χ2v) is 9.06. The van der Waals surface area contributed by atoms with Gasteiger partial charge in [0.05, 0.1) is 7.11 Å². The van der Waals surface area contributed by atoms with Gasteiger partial charge in [-0.1, -0.05) is 26.0 Å². The van der Waals surface area contributed by atoms with Gasteiger partial charge in [-0.25, -0.2) is 4.79 Å². The normalized spacial score (nSPS) is 18.5. The van der Waals surface area contributed by atoms with Gasteiger partial charge in [0.2, 0.25) is 5.91 Å². The van der Waals surface area contributed by atoms with Crippen LogP contribution < -0.4 is 20.7 Å². The Balaban J connectivity index is 1.36. The predicted molar refractivity (Wildman–Crippen MR) is 124 cm³/mol. The molecule has 3 N–H and O–H groups in total. The zero-order valence-electron chi connectivity index (χ0n) is 19.2. The van der Waals surface area contributed by atoms with Gasteiger partial charge in [-0.05, 0) is 61.1 Å². The Morgan fingerprint density at radius 3 is 2.28 bits per heavy atom. The lowest BCUT2D eigenvalue weighted by molar-refractivity contribution is -0.126. The number of urea groups is 1. The first kappa shape index (κ1) is 23.6. The van der Waals surface area contributed by atoms with Crippen LogP contribution in [-0.4, -0.2) is 36.6 Å². The molecule has 0 bridgehead atoms. The maximum atomic E-state index is 12.7. The van der Waals surface area contributed by atoms with Gasteiger partial charge in [0.15, 0.2) is 0 Å². The summed E-state index contributed by atoms with van der Waals surface area (Å²) in [7, 11) is 1.63. The highest BCUT2D eigenvalue weighted by Crippen LogP contribution is 2.26. The molecule has 7 nitrogen and oxygen atoms in total. The summed E-state index contributed by atoms with van der Waals surface area (Å²) < 4.78 is 5.14. The number of ether oxygens (including phenoxy) is 1. The maximum Gasteiger partial charge on any atom is 0.315 e. The first-order valence-electron chi connectivity index (χ1n) is 11.2. The summed E-state index contributed by atoms with van der Waals surface area (Å²) in [5, 5.41) is 9.06. The van der Waals surface area contributed by atoms with Gasteiger partial charge < -0.3 is 20.7 Å². The zero-order chi connectivity index (χ0) is 23.0. The molecule has 0 radical (unpaired) electrons. The molecule has 1 aliphatic carbocycles. The van der Waals surface area contributed by atoms with E-state index in [2.05, 4.69) is 34.8 Å². The average molecular weight is 439 g/mol. The van der Waals surface area contributed by atoms with Gasteiger partial charge in [0.1, 0.15) is 5.75 Å². The molecule has 0 unspecified atom stereocenters. The first-order chi connectivity index (χ1) is 15.4. The van der Waals surface area contributed by atoms with Gasteiger partial charge >= 0.3 is 6.03 Å². The first-order valence-corrected chi connectivity index (χ1v) is 11.2. The lowest BCUT2D eigenvalue weighted by Gasteiger charge is -2.30. The van der Waals surface area contributed by atoms with E-state index in [1.165, 1.54) is 0 Å². The van der Waals surface area contributed by atoms with Gasteiger partial charge in [0.25, 0.3) is 0 Å². The number of pyridine rings is 1. The topological polar surface area (TPSA) is 92.4 Å². The van der Waals surface area contributed by atoms with Gasteiger partial charge in [0, 0.05) is 42.9 Å². The van der Waals surface area contributed by atoms with Crippen molar-refractivity contribution in [3.05, 3.63) is 59.9 Å². The van der Waals surface area contributed by atoms with E-state index in [1.807, 2.05) is 36.4 Å². The van der Waals surface area contributed by atoms with Crippen LogP contribution in [0.1, 0.15) is 50.7 Å². The van der Waals surface area contributed by atoms with Crippen molar-refractivity contribution in [2.24, 2.45) is 5.92 Å². The molecular formula is C25H34N4O3. The highest BCUT2D eigenvalue weighted by molar-refractivity contribution is 5.79. The number of nitrogens with one attached hydrogen (secondary N) is 3. The number of nitrogens with zero attached hydrogens (tertiary/aromatic N) is 1. The average Bonchev–Trinajstić information content (AvgIpc) is 2.82. The fourth-order valence-corrected chi connectivity index (χ4v) is 4.02. The number of rotatable bonds is 8. The van der Waals surface area contributed by atoms with Crippen LogP contribution in [0.5, 0.6) is 5.75 Å². The van der Waals surface area contributed by atoms with E-state index in [-0.39, 0.29) is 29.3 Å². The molecule has 1 heterocycles. The second kappa shape index (κ2) is 11.0. The SMILES string of the molecule is COc1ccc(CNC(=O)NC2CCC(C(=O)NCC(C)(C)c3ccncc3)CC2)cc1. The molecule has 0 atom stereocenters. The number of hydrogen-bond donors (Lipinski definition) is 3. The van der Waals surface area contributed by atoms with E-state index in [1.54, 1.807) is 19.5 Å². The summed E-state index contributed by atoms with van der Waals surface area (Å²) in [6.07, 6.45) is 6.74. The van der Waals surface area contributed by atoms with Crippen LogP contribution in [0.4, 0.5) is 4.79 Å². The number of carbonyl (C=O) groups is 2. The van der Waals surface area contributed by atoms with E-state index in [9.17, 15) is 9.59 Å². The van der Waals surface area contributed by atoms with E-state index in [0.29, 0.717) is 13.1 Å². The lowest BCUT2D eigenvalue weighted by Crippen LogP contribution is -2.45. The van der Waals surface area contributed by atoms with E-state index < -0.39 is 0 Å². The van der Waals surface area contributed by atoms with Crippen LogP contribution in [0.15, 0.2) is 48.8 Å². The number of amides is 3. The van der Waals surface area contributed by atoms with Crippen molar-refractivity contribution in [1.82, 2.24) is 20.9 Å². The van der Waals surface area contributed by atoms with Crippen LogP contribution in [0.3, 0.4) is 0 Å². The number of carbonyl (C=O) groups excluding carboxylic acids is 2. The second-order valence-electron chi connectivity index (χ2n) is 9.06. The van der Waals surface area contributed by atoms with Gasteiger partial charge in [-0.2, -0.15) is 0 Å². The monoisotopic (exact) mass is 438 g/mol. The van der Waals surface area contributed by atoms with Crippen molar-refractivity contribution in [3.63, 3.8) is 0 Å². The summed E-state index contributed by atoms with van der Waals surface area (Å²) in [6, 6.07) is 11.5. The minimum Gasteiger partial charge on any atom is -0.497 e. The molecular weight excluding hydrogens is 404 g/mol. The predicted octanol–water partition coefficient (Wildman–Crippen LogP) is 3.54. The fraction of sp³-hybridized carbons (Fsp3) is 0.480. The molecule has 32 heavy (non-hydrogen) atoms. The van der Waals surface area contributed by atoms with Crippen molar-refractivity contribution in [1.29, 1.82) is 0 Å². The van der Waals surface area contributed by atoms with Crippen LogP contribution in [0, 0.1) is 5.92 Å². The lowest BCUT2D eigenvalue weighted by atomic mass is 9.83. The van der Waals surface area contributed by atoms with Crippen molar-refractivity contribution in [2.75, 3.05) is 13.7 Å². The summed E-state index contributed by atoms with van der Waals surface area (Å²) >= 11 is 0. The van der Waals surface area contributed by atoms with Crippen molar-refractivity contribution in [3.8, 4) is 5.75 Å². The summed E-state index contributed by atoms with van der Waals surface area (Å²) in [6.45, 7) is 5.28. The Morgan fingerprint density at radius 1 is 1.00 bits per heavy atom. The largest absolute Gasteiger partial charge is 0.497 e. The summed E-state index contributed by atoms with van der Waals surface area (Å²) in [5.74, 6) is 0.901. The third-order valence-corrected chi connectivity index (χ3v) is 6.21. The molecule has 1 aliphatic rings. The van der Waals surface area contributed by atoms with Gasteiger partial charge in [-0.3, -0.25) is 9.78 Å². The minimum atomic E-state index is -0.173. The maximum absolute atomic E-state index is 12.7. The highest BCUT2D eigenvalue weighted by atomic mass is 16.5. The smallest absolute Gasteiger partial charge is 0.315 e. The molecule has 3 amide bonds. The van der Waals surface area contributed by atoms with Gasteiger partial charge in [-0.15, -0.1) is 0 Å². The molecule has 172 valence electrons. The Bertz CT molecular complexity index is 876. The van der Waals surface area contributed by atoms with Crippen molar-refractivity contribution in [2.45, 2.75) is 57.5 Å². The molecule has 1 aromatic heterocycles. The zero-order valence-corrected chi connectivity index (χ0v) is 19.2. The van der Waals surface area contributed by atoms with E-state index in [4.69, 9.17) is 4.74 Å². The molecule has 1 aromatic carbocycles. The highest BCUT2D eigenvalue weighted by Gasteiger charge is 2.28. The Morgan fingerprint density at radius 2 is 1.66 bits per heavy atom. The molecule has 1 saturated carbocycles. The molecule has 0 spiro atoms. The number of methoxy groups -OCH3 is 1. The Kier molecular flexibility index (Phi) is 8.09. The van der Waals surface area contributed by atoms with Crippen molar-refractivity contribution >= 4 is 11.9 Å². The quantitative estimate of drug-likeness (QED) is 0.588. The summed E-state index contributed by atoms with van der Waals surface area (Å²) in [5.41, 5.74) is 2.01. The van der Waals surface area contributed by atoms with Crippen LogP contribution in [0.25, 0.3) is 0 Å². The number of benzene rings is 1. The standard InChI is InChI=1S/C25H34N4O3/c1-25(2,20-12-14-26-15-13-20)17-28-23(30)19-6-8-21(9-7-19)29-24(31)27-16-18-4-10-22(32-3)11-5-18/h4-5,10-15,19,21H,6-9,16-17H2,1-3H3,(H,28,30)(H2,27,29,31). The Labute approximate surface area is 190 Å². The molecule has 7 heteroatoms. The van der Waals surface area contributed by atoms with Crippen molar-refractivity contribution < 1.29 is 14.3 Å². The van der Waals surface area contributed by atoms with Crippen LogP contribution in [0.2, 0.25) is 0 Å². The Hall–Kier alpha value is -3.09. The molecule has 0 aliphatic heterocycles. The number of hydrogen-bond acceptors (Lipinski definition) is 4. The molecule has 2 aromatic rings. The number of aromatic nitrogens is 1. The van der Waals surface area contributed by atoms with Crippen LogP contribution in [-0.2, 0) is 16.8 Å². The summed E-state index contributed by atoms with van der Waals surface area (Å²) in [4.78, 5) is 29.0. The fourth-order valence-electron chi connectivity index (χ4n) is 4.02. The third-order valence-electron chi connectivity index (χ3n) is 6.21. The van der Waals surface area contributed by atoms with Crippen LogP contribution >= 0.6 is 0 Å². The molecule has 1 fully saturated rings. The molecule has 3 rings (SSSR count).